The van der Waals surface area contributed by atoms with Crippen LogP contribution in [0, 0.1) is 0 Å². The standard InChI is InChI=1S/C15H16ClN3/c16-13-5-1-3-11(7-13)14-9-18-10-15(19-14)12-4-2-6-17-8-12/h1,3,5,7,9-10,12,17H,2,4,6,8H2. The Bertz CT molecular complexity index is 565. The molecule has 4 heteroatoms. The SMILES string of the molecule is Clc1cccc(-c2cncc(C3CCCNC3)n2)c1. The summed E-state index contributed by atoms with van der Waals surface area (Å²) in [5.74, 6) is 0.473. The lowest BCUT2D eigenvalue weighted by Gasteiger charge is -2.22. The molecule has 0 radical (unpaired) electrons. The minimum Gasteiger partial charge on any atom is -0.316 e. The first-order valence-electron chi connectivity index (χ1n) is 6.61. The highest BCUT2D eigenvalue weighted by Crippen LogP contribution is 2.25. The average Bonchev–Trinajstić information content (AvgIpc) is 2.48. The molecule has 0 spiro atoms. The van der Waals surface area contributed by atoms with Crippen LogP contribution in [0.2, 0.25) is 5.02 Å². The number of aromatic nitrogens is 2. The molecule has 1 N–H and O–H groups in total. The van der Waals surface area contributed by atoms with Gasteiger partial charge >= 0.3 is 0 Å². The van der Waals surface area contributed by atoms with Gasteiger partial charge < -0.3 is 5.32 Å². The highest BCUT2D eigenvalue weighted by molar-refractivity contribution is 6.30. The molecule has 98 valence electrons. The van der Waals surface area contributed by atoms with Gasteiger partial charge in [-0.2, -0.15) is 0 Å². The molecule has 19 heavy (non-hydrogen) atoms. The predicted molar refractivity (Wildman–Crippen MR) is 77.3 cm³/mol. The Kier molecular flexibility index (Phi) is 3.76. The number of rotatable bonds is 2. The fraction of sp³-hybridized carbons (Fsp3) is 0.333. The van der Waals surface area contributed by atoms with Crippen LogP contribution in [0.3, 0.4) is 0 Å². The van der Waals surface area contributed by atoms with E-state index in [1.807, 2.05) is 30.5 Å². The van der Waals surface area contributed by atoms with Crippen LogP contribution in [0.5, 0.6) is 0 Å². The first kappa shape index (κ1) is 12.6. The molecular formula is C15H16ClN3. The zero-order valence-corrected chi connectivity index (χ0v) is 11.4. The Labute approximate surface area is 118 Å². The first-order chi connectivity index (χ1) is 9.33. The van der Waals surface area contributed by atoms with Crippen molar-refractivity contribution in [3.63, 3.8) is 0 Å². The van der Waals surface area contributed by atoms with E-state index in [1.54, 1.807) is 6.20 Å². The largest absolute Gasteiger partial charge is 0.316 e. The van der Waals surface area contributed by atoms with Gasteiger partial charge in [-0.1, -0.05) is 23.7 Å². The monoisotopic (exact) mass is 273 g/mol. The van der Waals surface area contributed by atoms with Crippen molar-refractivity contribution in [3.05, 3.63) is 47.4 Å². The Balaban J connectivity index is 1.91. The van der Waals surface area contributed by atoms with Gasteiger partial charge in [0.2, 0.25) is 0 Å². The highest BCUT2D eigenvalue weighted by atomic mass is 35.5. The number of piperidine rings is 1. The summed E-state index contributed by atoms with van der Waals surface area (Å²) in [5, 5.41) is 4.14. The van der Waals surface area contributed by atoms with Crippen molar-refractivity contribution in [2.24, 2.45) is 0 Å². The molecule has 3 nitrogen and oxygen atoms in total. The van der Waals surface area contributed by atoms with Crippen LogP contribution in [0.4, 0.5) is 0 Å². The van der Waals surface area contributed by atoms with Gasteiger partial charge in [0.15, 0.2) is 0 Å². The number of nitrogens with zero attached hydrogens (tertiary/aromatic N) is 2. The molecule has 1 atom stereocenters. The van der Waals surface area contributed by atoms with Crippen molar-refractivity contribution in [1.82, 2.24) is 15.3 Å². The molecule has 0 saturated carbocycles. The van der Waals surface area contributed by atoms with Crippen molar-refractivity contribution in [3.8, 4) is 11.3 Å². The molecule has 0 aliphatic carbocycles. The summed E-state index contributed by atoms with van der Waals surface area (Å²) in [7, 11) is 0. The molecule has 2 aromatic rings. The Morgan fingerprint density at radius 3 is 3.00 bits per heavy atom. The van der Waals surface area contributed by atoms with E-state index in [4.69, 9.17) is 16.6 Å². The Morgan fingerprint density at radius 1 is 1.26 bits per heavy atom. The highest BCUT2D eigenvalue weighted by Gasteiger charge is 2.17. The lowest BCUT2D eigenvalue weighted by Crippen LogP contribution is -2.28. The van der Waals surface area contributed by atoms with Crippen LogP contribution in [-0.2, 0) is 0 Å². The second-order valence-electron chi connectivity index (χ2n) is 4.88. The third-order valence-corrected chi connectivity index (χ3v) is 3.72. The molecule has 1 saturated heterocycles. The maximum atomic E-state index is 6.03. The van der Waals surface area contributed by atoms with E-state index in [2.05, 4.69) is 10.3 Å². The van der Waals surface area contributed by atoms with E-state index >= 15 is 0 Å². The van der Waals surface area contributed by atoms with Crippen molar-refractivity contribution < 1.29 is 0 Å². The van der Waals surface area contributed by atoms with Crippen LogP contribution >= 0.6 is 11.6 Å². The predicted octanol–water partition coefficient (Wildman–Crippen LogP) is 3.26. The maximum Gasteiger partial charge on any atom is 0.0889 e. The van der Waals surface area contributed by atoms with Crippen LogP contribution in [-0.4, -0.2) is 23.1 Å². The molecule has 1 aliphatic heterocycles. The average molecular weight is 274 g/mol. The van der Waals surface area contributed by atoms with E-state index in [1.165, 1.54) is 12.8 Å². The van der Waals surface area contributed by atoms with Crippen LogP contribution < -0.4 is 5.32 Å². The van der Waals surface area contributed by atoms with Crippen LogP contribution in [0.1, 0.15) is 24.5 Å². The van der Waals surface area contributed by atoms with Gasteiger partial charge in [-0.15, -0.1) is 0 Å². The van der Waals surface area contributed by atoms with E-state index < -0.39 is 0 Å². The van der Waals surface area contributed by atoms with Crippen molar-refractivity contribution in [1.29, 1.82) is 0 Å². The third-order valence-electron chi connectivity index (χ3n) is 3.49. The van der Waals surface area contributed by atoms with E-state index in [-0.39, 0.29) is 0 Å². The Hall–Kier alpha value is -1.45. The number of halogens is 1. The van der Waals surface area contributed by atoms with Gasteiger partial charge in [0.25, 0.3) is 0 Å². The molecule has 0 amide bonds. The summed E-state index contributed by atoms with van der Waals surface area (Å²) in [6, 6.07) is 7.74. The van der Waals surface area contributed by atoms with Crippen molar-refractivity contribution >= 4 is 11.6 Å². The summed E-state index contributed by atoms with van der Waals surface area (Å²) in [5.41, 5.74) is 2.99. The third kappa shape index (κ3) is 2.94. The number of hydrogen-bond acceptors (Lipinski definition) is 3. The number of nitrogens with one attached hydrogen (secondary N) is 1. The summed E-state index contributed by atoms with van der Waals surface area (Å²) in [6.45, 7) is 2.10. The van der Waals surface area contributed by atoms with Gasteiger partial charge in [0, 0.05) is 29.2 Å². The lowest BCUT2D eigenvalue weighted by molar-refractivity contribution is 0.454. The molecule has 0 bridgehead atoms. The van der Waals surface area contributed by atoms with Crippen molar-refractivity contribution in [2.75, 3.05) is 13.1 Å². The number of hydrogen-bond donors (Lipinski definition) is 1. The second-order valence-corrected chi connectivity index (χ2v) is 5.32. The number of benzene rings is 1. The van der Waals surface area contributed by atoms with Crippen LogP contribution in [0.15, 0.2) is 36.7 Å². The van der Waals surface area contributed by atoms with Gasteiger partial charge in [0.05, 0.1) is 17.6 Å². The molecule has 2 heterocycles. The molecule has 1 aromatic carbocycles. The van der Waals surface area contributed by atoms with E-state index in [0.717, 1.165) is 35.1 Å². The van der Waals surface area contributed by atoms with Gasteiger partial charge in [0.1, 0.15) is 0 Å². The minimum absolute atomic E-state index is 0.473. The smallest absolute Gasteiger partial charge is 0.0889 e. The maximum absolute atomic E-state index is 6.03. The zero-order chi connectivity index (χ0) is 13.1. The fourth-order valence-electron chi connectivity index (χ4n) is 2.47. The van der Waals surface area contributed by atoms with Gasteiger partial charge in [-0.25, -0.2) is 4.98 Å². The first-order valence-corrected chi connectivity index (χ1v) is 6.99. The summed E-state index contributed by atoms with van der Waals surface area (Å²) >= 11 is 6.03. The van der Waals surface area contributed by atoms with E-state index in [9.17, 15) is 0 Å². The molecule has 1 aromatic heterocycles. The normalized spacial score (nSPS) is 19.3. The molecular weight excluding hydrogens is 258 g/mol. The van der Waals surface area contributed by atoms with Gasteiger partial charge in [-0.3, -0.25) is 4.98 Å². The Morgan fingerprint density at radius 2 is 2.21 bits per heavy atom. The molecule has 1 fully saturated rings. The fourth-order valence-corrected chi connectivity index (χ4v) is 2.66. The summed E-state index contributed by atoms with van der Waals surface area (Å²) < 4.78 is 0. The van der Waals surface area contributed by atoms with E-state index in [0.29, 0.717) is 5.92 Å². The molecule has 1 unspecified atom stereocenters. The lowest BCUT2D eigenvalue weighted by atomic mass is 9.96. The van der Waals surface area contributed by atoms with Crippen LogP contribution in [0.25, 0.3) is 11.3 Å². The summed E-state index contributed by atoms with van der Waals surface area (Å²) in [6.07, 6.45) is 6.06. The van der Waals surface area contributed by atoms with Crippen molar-refractivity contribution in [2.45, 2.75) is 18.8 Å². The topological polar surface area (TPSA) is 37.8 Å². The second kappa shape index (κ2) is 5.68. The molecule has 3 rings (SSSR count). The van der Waals surface area contributed by atoms with Gasteiger partial charge in [-0.05, 0) is 31.5 Å². The summed E-state index contributed by atoms with van der Waals surface area (Å²) in [4.78, 5) is 9.08. The zero-order valence-electron chi connectivity index (χ0n) is 10.6. The minimum atomic E-state index is 0.473. The quantitative estimate of drug-likeness (QED) is 0.913. The molecule has 1 aliphatic rings.